The van der Waals surface area contributed by atoms with Crippen molar-refractivity contribution >= 4 is 29.8 Å². The summed E-state index contributed by atoms with van der Waals surface area (Å²) in [6, 6.07) is 0. The molecule has 12 unspecified atom stereocenters. The Hall–Kier alpha value is -2.65. The van der Waals surface area contributed by atoms with Crippen LogP contribution in [0.5, 0.6) is 0 Å². The summed E-state index contributed by atoms with van der Waals surface area (Å²) in [4.78, 5) is 60.8. The minimum atomic E-state index is -0.372. The molecular formula is C76H132O10. The molecule has 0 aromatic heterocycles. The molecule has 12 fully saturated rings. The minimum absolute atomic E-state index is 0.0276. The summed E-state index contributed by atoms with van der Waals surface area (Å²) in [7, 11) is 0. The Labute approximate surface area is 526 Å². The lowest BCUT2D eigenvalue weighted by Gasteiger charge is -2.74. The molecule has 0 N–H and O–H groups in total. The van der Waals surface area contributed by atoms with Crippen LogP contribution in [0, 0.1) is 122 Å². The SMILES string of the molecule is CCC(C)(C)C(=O)OC(C)(C)C.CCC(C)(C)C(=O)OC(C)(C)C(C)C.CCC(C)(C)C(=O)OC(C)(C)C1CCCC1.CCC(C)(C)C(=O)OC1(C)C2CC3C4CC5CC3C1C(C5)C4C2.CCC(C)(C)C(=O)OC1(C)CC2CC1C1C3CCC(C3)C21. The summed E-state index contributed by atoms with van der Waals surface area (Å²) in [6.45, 7) is 52.3. The molecule has 496 valence electrons. The molecule has 12 atom stereocenters. The first kappa shape index (κ1) is 72.4. The van der Waals surface area contributed by atoms with E-state index in [1.165, 1.54) is 83.5 Å². The van der Waals surface area contributed by atoms with Gasteiger partial charge in [0.15, 0.2) is 0 Å². The lowest BCUT2D eigenvalue weighted by molar-refractivity contribution is -0.291. The zero-order valence-corrected chi connectivity index (χ0v) is 60.3. The van der Waals surface area contributed by atoms with Crippen molar-refractivity contribution in [2.24, 2.45) is 122 Å². The molecule has 12 rings (SSSR count). The molecule has 0 aromatic rings. The van der Waals surface area contributed by atoms with Gasteiger partial charge in [-0.3, -0.25) is 24.0 Å². The molecule has 86 heavy (non-hydrogen) atoms. The first-order valence-corrected chi connectivity index (χ1v) is 35.5. The van der Waals surface area contributed by atoms with Crippen LogP contribution in [0.2, 0.25) is 0 Å². The number of carbonyl (C=O) groups excluding carboxylic acids is 5. The largest absolute Gasteiger partial charge is 0.460 e. The standard InChI is InChI=1S/C21H32O2.C19H30O2.C14H26O2.C12H24O2.C10H20O2/c1-5-20(2,3)19(22)23-21(4)12-9-14-13-6-11-7-16(14)18(21)17(8-11)15(13)10-12;1-5-18(2,3)17(20)21-19(4)10-13-9-14(19)16-12-7-6-11(8-12)15(13)16;1-6-13(2,3)12(15)16-14(4,5)11-9-7-8-10-11;1-8-11(4,5)10(13)14-12(6,7)9(2)3;1-7-10(5,6)8(11)12-9(2,3)4/h11-18H,5-10H2,1-4H3;11-16H,5-10H2,1-4H3;11H,6-10H2,1-5H3;9H,8H2,1-7H3;7H2,1-6H3. The first-order chi connectivity index (χ1) is 39.3. The van der Waals surface area contributed by atoms with Crippen molar-refractivity contribution < 1.29 is 47.7 Å². The molecule has 0 aliphatic heterocycles. The van der Waals surface area contributed by atoms with Crippen LogP contribution < -0.4 is 0 Å². The van der Waals surface area contributed by atoms with Gasteiger partial charge in [0, 0.05) is 11.8 Å². The number of rotatable bonds is 16. The monoisotopic (exact) mass is 1200 g/mol. The highest BCUT2D eigenvalue weighted by Crippen LogP contribution is 2.74. The molecule has 0 saturated heterocycles. The highest BCUT2D eigenvalue weighted by molar-refractivity contribution is 5.78. The number of fused-ring (bicyclic) bond motifs is 9. The van der Waals surface area contributed by atoms with Gasteiger partial charge in [-0.2, -0.15) is 0 Å². The zero-order valence-electron chi connectivity index (χ0n) is 60.3. The van der Waals surface area contributed by atoms with Crippen LogP contribution >= 0.6 is 0 Å². The van der Waals surface area contributed by atoms with Crippen LogP contribution in [0.1, 0.15) is 302 Å². The Morgan fingerprint density at radius 3 is 1.28 bits per heavy atom. The second-order valence-electron chi connectivity index (χ2n) is 36.0. The Balaban J connectivity index is 0.000000176. The normalized spacial score (nSPS) is 34.6. The maximum Gasteiger partial charge on any atom is 0.312 e. The fraction of sp³-hybridized carbons (Fsp3) is 0.934. The fourth-order valence-electron chi connectivity index (χ4n) is 17.8. The predicted molar refractivity (Wildman–Crippen MR) is 347 cm³/mol. The van der Waals surface area contributed by atoms with Crippen molar-refractivity contribution in [1.82, 2.24) is 0 Å². The summed E-state index contributed by atoms with van der Waals surface area (Å²) < 4.78 is 29.1. The molecule has 12 aliphatic rings. The van der Waals surface area contributed by atoms with Gasteiger partial charge in [-0.05, 0) is 324 Å². The molecule has 0 heterocycles. The Morgan fingerprint density at radius 2 is 0.837 bits per heavy atom. The molecule has 0 spiro atoms. The van der Waals surface area contributed by atoms with E-state index in [1.807, 2.05) is 125 Å². The topological polar surface area (TPSA) is 132 Å². The smallest absolute Gasteiger partial charge is 0.312 e. The molecule has 0 radical (unpaired) electrons. The molecule has 0 amide bonds. The number of hydrogen-bond acceptors (Lipinski definition) is 10. The summed E-state index contributed by atoms with van der Waals surface area (Å²) >= 11 is 0. The maximum absolute atomic E-state index is 12.9. The van der Waals surface area contributed by atoms with Gasteiger partial charge in [-0.1, -0.05) is 61.3 Å². The van der Waals surface area contributed by atoms with E-state index in [-0.39, 0.29) is 84.9 Å². The molecule has 10 nitrogen and oxygen atoms in total. The Bertz CT molecular complexity index is 2330. The van der Waals surface area contributed by atoms with E-state index >= 15 is 0 Å². The fourth-order valence-corrected chi connectivity index (χ4v) is 17.8. The molecule has 12 bridgehead atoms. The van der Waals surface area contributed by atoms with E-state index in [9.17, 15) is 24.0 Å². The van der Waals surface area contributed by atoms with E-state index in [0.717, 1.165) is 104 Å². The van der Waals surface area contributed by atoms with Crippen molar-refractivity contribution in [3.63, 3.8) is 0 Å². The van der Waals surface area contributed by atoms with Crippen LogP contribution in [0.3, 0.4) is 0 Å². The quantitative estimate of drug-likeness (QED) is 0.0836. The average Bonchev–Trinajstić information content (AvgIpc) is 1.74. The molecular weight excluding hydrogens is 1070 g/mol. The van der Waals surface area contributed by atoms with Crippen LogP contribution in [-0.2, 0) is 47.7 Å². The summed E-state index contributed by atoms with van der Waals surface area (Å²) in [5, 5.41) is 0. The van der Waals surface area contributed by atoms with Gasteiger partial charge in [0.2, 0.25) is 0 Å². The van der Waals surface area contributed by atoms with Crippen molar-refractivity contribution in [2.45, 2.75) is 330 Å². The van der Waals surface area contributed by atoms with Gasteiger partial charge < -0.3 is 23.7 Å². The van der Waals surface area contributed by atoms with Gasteiger partial charge >= 0.3 is 29.8 Å². The minimum Gasteiger partial charge on any atom is -0.460 e. The maximum atomic E-state index is 12.9. The van der Waals surface area contributed by atoms with E-state index < -0.39 is 0 Å². The van der Waals surface area contributed by atoms with Gasteiger partial charge in [0.05, 0.1) is 27.1 Å². The molecule has 10 heteroatoms. The van der Waals surface area contributed by atoms with Crippen LogP contribution in [-0.4, -0.2) is 57.9 Å². The van der Waals surface area contributed by atoms with Crippen LogP contribution in [0.4, 0.5) is 0 Å². The van der Waals surface area contributed by atoms with Gasteiger partial charge in [0.1, 0.15) is 28.0 Å². The highest BCUT2D eigenvalue weighted by Gasteiger charge is 2.72. The summed E-state index contributed by atoms with van der Waals surface area (Å²) in [6.07, 6.45) is 23.1. The van der Waals surface area contributed by atoms with Crippen molar-refractivity contribution in [1.29, 1.82) is 0 Å². The van der Waals surface area contributed by atoms with Crippen molar-refractivity contribution in [3.8, 4) is 0 Å². The van der Waals surface area contributed by atoms with Gasteiger partial charge in [0.25, 0.3) is 0 Å². The summed E-state index contributed by atoms with van der Waals surface area (Å²) in [5.74, 6) is 13.1. The van der Waals surface area contributed by atoms with Crippen molar-refractivity contribution in [2.75, 3.05) is 0 Å². The van der Waals surface area contributed by atoms with Crippen LogP contribution in [0.15, 0.2) is 0 Å². The number of hydrogen-bond donors (Lipinski definition) is 0. The highest BCUT2D eigenvalue weighted by atomic mass is 16.6. The predicted octanol–water partition coefficient (Wildman–Crippen LogP) is 19.2. The third kappa shape index (κ3) is 15.1. The Morgan fingerprint density at radius 1 is 0.442 bits per heavy atom. The van der Waals surface area contributed by atoms with E-state index in [1.54, 1.807) is 0 Å². The second kappa shape index (κ2) is 26.2. The first-order valence-electron chi connectivity index (χ1n) is 35.5. The van der Waals surface area contributed by atoms with E-state index in [4.69, 9.17) is 23.7 Å². The van der Waals surface area contributed by atoms with E-state index in [0.29, 0.717) is 29.6 Å². The second-order valence-corrected chi connectivity index (χ2v) is 36.0. The molecule has 12 saturated carbocycles. The average molecular weight is 1210 g/mol. The number of ether oxygens (including phenoxy) is 5. The third-order valence-corrected chi connectivity index (χ3v) is 26.2. The third-order valence-electron chi connectivity index (χ3n) is 26.2. The van der Waals surface area contributed by atoms with Gasteiger partial charge in [-0.25, -0.2) is 0 Å². The Kier molecular flexibility index (Phi) is 22.0. The van der Waals surface area contributed by atoms with E-state index in [2.05, 4.69) is 55.4 Å². The van der Waals surface area contributed by atoms with Crippen LogP contribution in [0.25, 0.3) is 0 Å². The summed E-state index contributed by atoms with van der Waals surface area (Å²) in [5.41, 5.74) is -3.12. The molecule has 0 aromatic carbocycles. The van der Waals surface area contributed by atoms with Crippen molar-refractivity contribution in [3.05, 3.63) is 0 Å². The molecule has 12 aliphatic carbocycles. The lowest BCUT2D eigenvalue weighted by Crippen LogP contribution is -2.72. The number of esters is 5. The number of carbonyl (C=O) groups is 5. The zero-order chi connectivity index (χ0) is 65.1. The lowest BCUT2D eigenvalue weighted by atomic mass is 9.33. The van der Waals surface area contributed by atoms with Gasteiger partial charge in [-0.15, -0.1) is 0 Å².